The van der Waals surface area contributed by atoms with Gasteiger partial charge in [-0.2, -0.15) is 0 Å². The van der Waals surface area contributed by atoms with Crippen molar-refractivity contribution in [2.75, 3.05) is 19.8 Å². The molecule has 1 aliphatic heterocycles. The van der Waals surface area contributed by atoms with E-state index in [0.29, 0.717) is 19.3 Å². The highest BCUT2D eigenvalue weighted by Crippen LogP contribution is 2.26. The predicted molar refractivity (Wildman–Crippen MR) is 89.6 cm³/mol. The Balaban J connectivity index is 1.38. The third-order valence-electron chi connectivity index (χ3n) is 4.81. The standard InChI is InChI=1S/C19H27NO3/c21-19(20-11-5-12-22-17-7-2-3-8-17)16-10-13-23-18-9-4-1-6-15(18)14-16/h1,4,6,9,16-17H,2-3,5,7-8,10-14H2,(H,20,21). The maximum Gasteiger partial charge on any atom is 0.223 e. The smallest absolute Gasteiger partial charge is 0.223 e. The van der Waals surface area contributed by atoms with Gasteiger partial charge in [0.1, 0.15) is 5.75 Å². The van der Waals surface area contributed by atoms with Crippen molar-refractivity contribution in [3.8, 4) is 5.75 Å². The van der Waals surface area contributed by atoms with Gasteiger partial charge in [-0.25, -0.2) is 0 Å². The van der Waals surface area contributed by atoms with Crippen molar-refractivity contribution in [2.45, 2.75) is 51.0 Å². The van der Waals surface area contributed by atoms with E-state index in [-0.39, 0.29) is 11.8 Å². The van der Waals surface area contributed by atoms with E-state index in [4.69, 9.17) is 9.47 Å². The van der Waals surface area contributed by atoms with Gasteiger partial charge < -0.3 is 14.8 Å². The van der Waals surface area contributed by atoms with Crippen molar-refractivity contribution in [3.05, 3.63) is 29.8 Å². The Labute approximate surface area is 138 Å². The van der Waals surface area contributed by atoms with Crippen LogP contribution < -0.4 is 10.1 Å². The number of benzene rings is 1. The van der Waals surface area contributed by atoms with Gasteiger partial charge in [-0.05, 0) is 43.7 Å². The second-order valence-electron chi connectivity index (χ2n) is 6.57. The largest absolute Gasteiger partial charge is 0.493 e. The average Bonchev–Trinajstić information content (AvgIpc) is 2.98. The zero-order chi connectivity index (χ0) is 15.9. The molecule has 1 fully saturated rings. The third-order valence-corrected chi connectivity index (χ3v) is 4.81. The molecule has 1 heterocycles. The molecule has 0 bridgehead atoms. The summed E-state index contributed by atoms with van der Waals surface area (Å²) in [5.74, 6) is 1.08. The molecule has 1 aromatic rings. The first kappa shape index (κ1) is 16.3. The first-order valence-corrected chi connectivity index (χ1v) is 8.93. The molecule has 0 radical (unpaired) electrons. The maximum atomic E-state index is 12.4. The van der Waals surface area contributed by atoms with Crippen LogP contribution in [0, 0.1) is 5.92 Å². The van der Waals surface area contributed by atoms with Crippen molar-refractivity contribution >= 4 is 5.91 Å². The van der Waals surface area contributed by atoms with Gasteiger partial charge in [0.25, 0.3) is 0 Å². The molecule has 0 aromatic heterocycles. The van der Waals surface area contributed by atoms with E-state index >= 15 is 0 Å². The van der Waals surface area contributed by atoms with Crippen molar-refractivity contribution < 1.29 is 14.3 Å². The molecule has 3 rings (SSSR count). The molecule has 4 nitrogen and oxygen atoms in total. The minimum absolute atomic E-state index is 0.00870. The summed E-state index contributed by atoms with van der Waals surface area (Å²) < 4.78 is 11.6. The minimum atomic E-state index is 0.00870. The van der Waals surface area contributed by atoms with E-state index in [9.17, 15) is 4.79 Å². The molecule has 23 heavy (non-hydrogen) atoms. The van der Waals surface area contributed by atoms with Crippen LogP contribution in [0.4, 0.5) is 0 Å². The molecule has 1 aromatic carbocycles. The Morgan fingerprint density at radius 2 is 2.04 bits per heavy atom. The third kappa shape index (κ3) is 4.71. The highest BCUT2D eigenvalue weighted by molar-refractivity contribution is 5.79. The van der Waals surface area contributed by atoms with Gasteiger partial charge in [0.15, 0.2) is 0 Å². The topological polar surface area (TPSA) is 47.6 Å². The summed E-state index contributed by atoms with van der Waals surface area (Å²) in [6.07, 6.45) is 7.89. The molecule has 1 atom stereocenters. The highest BCUT2D eigenvalue weighted by Gasteiger charge is 2.23. The van der Waals surface area contributed by atoms with Crippen LogP contribution in [0.5, 0.6) is 5.75 Å². The lowest BCUT2D eigenvalue weighted by atomic mass is 9.96. The maximum absolute atomic E-state index is 12.4. The lowest BCUT2D eigenvalue weighted by Gasteiger charge is -2.15. The predicted octanol–water partition coefficient (Wildman–Crippen LogP) is 3.09. The zero-order valence-corrected chi connectivity index (χ0v) is 13.8. The number of fused-ring (bicyclic) bond motifs is 1. The number of carbonyl (C=O) groups is 1. The van der Waals surface area contributed by atoms with Crippen LogP contribution in [0.25, 0.3) is 0 Å². The van der Waals surface area contributed by atoms with Crippen LogP contribution in [0.3, 0.4) is 0 Å². The van der Waals surface area contributed by atoms with E-state index in [0.717, 1.165) is 37.2 Å². The minimum Gasteiger partial charge on any atom is -0.493 e. The summed E-state index contributed by atoms with van der Waals surface area (Å²) in [6, 6.07) is 8.01. The number of carbonyl (C=O) groups excluding carboxylic acids is 1. The van der Waals surface area contributed by atoms with Gasteiger partial charge in [-0.15, -0.1) is 0 Å². The fourth-order valence-corrected chi connectivity index (χ4v) is 3.45. The van der Waals surface area contributed by atoms with Crippen LogP contribution in [0.1, 0.15) is 44.1 Å². The zero-order valence-electron chi connectivity index (χ0n) is 13.8. The monoisotopic (exact) mass is 317 g/mol. The normalized spacial score (nSPS) is 21.3. The van der Waals surface area contributed by atoms with Crippen molar-refractivity contribution in [3.63, 3.8) is 0 Å². The lowest BCUT2D eigenvalue weighted by molar-refractivity contribution is -0.125. The highest BCUT2D eigenvalue weighted by atomic mass is 16.5. The van der Waals surface area contributed by atoms with Gasteiger partial charge in [0.05, 0.1) is 12.7 Å². The molecule has 1 N–H and O–H groups in total. The number of ether oxygens (including phenoxy) is 2. The molecule has 1 amide bonds. The quantitative estimate of drug-likeness (QED) is 0.820. The van der Waals surface area contributed by atoms with Gasteiger partial charge in [0, 0.05) is 19.1 Å². The number of para-hydroxylation sites is 1. The molecular formula is C19H27NO3. The summed E-state index contributed by atoms with van der Waals surface area (Å²) in [5, 5.41) is 3.06. The second-order valence-corrected chi connectivity index (χ2v) is 6.57. The number of nitrogens with one attached hydrogen (secondary N) is 1. The van der Waals surface area contributed by atoms with Crippen LogP contribution in [-0.2, 0) is 16.0 Å². The Bertz CT molecular complexity index is 511. The Morgan fingerprint density at radius 3 is 2.91 bits per heavy atom. The van der Waals surface area contributed by atoms with Crippen molar-refractivity contribution in [1.82, 2.24) is 5.32 Å². The molecule has 0 saturated heterocycles. The SMILES string of the molecule is O=C(NCCCOC1CCCC1)C1CCOc2ccccc2C1. The molecule has 1 saturated carbocycles. The molecule has 2 aliphatic rings. The van der Waals surface area contributed by atoms with Gasteiger partial charge in [-0.1, -0.05) is 31.0 Å². The van der Waals surface area contributed by atoms with Crippen molar-refractivity contribution in [1.29, 1.82) is 0 Å². The molecular weight excluding hydrogens is 290 g/mol. The molecule has 1 unspecified atom stereocenters. The van der Waals surface area contributed by atoms with E-state index in [1.807, 2.05) is 18.2 Å². The fourth-order valence-electron chi connectivity index (χ4n) is 3.45. The number of hydrogen-bond acceptors (Lipinski definition) is 3. The van der Waals surface area contributed by atoms with E-state index in [2.05, 4.69) is 11.4 Å². The van der Waals surface area contributed by atoms with Crippen LogP contribution in [0.15, 0.2) is 24.3 Å². The van der Waals surface area contributed by atoms with Gasteiger partial charge >= 0.3 is 0 Å². The van der Waals surface area contributed by atoms with E-state index in [1.54, 1.807) is 0 Å². The molecule has 4 heteroatoms. The first-order chi connectivity index (χ1) is 11.3. The van der Waals surface area contributed by atoms with E-state index < -0.39 is 0 Å². The summed E-state index contributed by atoms with van der Waals surface area (Å²) in [7, 11) is 0. The first-order valence-electron chi connectivity index (χ1n) is 8.93. The Kier molecular flexibility index (Phi) is 5.92. The summed E-state index contributed by atoms with van der Waals surface area (Å²) >= 11 is 0. The molecule has 0 spiro atoms. The van der Waals surface area contributed by atoms with Gasteiger partial charge in [0.2, 0.25) is 5.91 Å². The molecule has 126 valence electrons. The fraction of sp³-hybridized carbons (Fsp3) is 0.632. The number of rotatable bonds is 6. The molecule has 1 aliphatic carbocycles. The summed E-state index contributed by atoms with van der Waals surface area (Å²) in [5.41, 5.74) is 1.13. The Hall–Kier alpha value is -1.55. The number of amides is 1. The van der Waals surface area contributed by atoms with Crippen LogP contribution in [0.2, 0.25) is 0 Å². The summed E-state index contributed by atoms with van der Waals surface area (Å²) in [6.45, 7) is 2.06. The van der Waals surface area contributed by atoms with Gasteiger partial charge in [-0.3, -0.25) is 4.79 Å². The second kappa shape index (κ2) is 8.34. The van der Waals surface area contributed by atoms with Crippen LogP contribution >= 0.6 is 0 Å². The number of hydrogen-bond donors (Lipinski definition) is 1. The lowest BCUT2D eigenvalue weighted by Crippen LogP contribution is -2.33. The Morgan fingerprint density at radius 1 is 1.22 bits per heavy atom. The van der Waals surface area contributed by atoms with Crippen molar-refractivity contribution in [2.24, 2.45) is 5.92 Å². The van der Waals surface area contributed by atoms with Crippen LogP contribution in [-0.4, -0.2) is 31.8 Å². The van der Waals surface area contributed by atoms with E-state index in [1.165, 1.54) is 25.7 Å². The average molecular weight is 317 g/mol. The summed E-state index contributed by atoms with van der Waals surface area (Å²) in [4.78, 5) is 12.4.